The van der Waals surface area contributed by atoms with Crippen molar-refractivity contribution in [3.8, 4) is 0 Å². The van der Waals surface area contributed by atoms with Crippen LogP contribution in [0, 0.1) is 0 Å². The zero-order valence-electron chi connectivity index (χ0n) is 38.2. The molecule has 0 saturated carbocycles. The van der Waals surface area contributed by atoms with E-state index in [2.05, 4.69) is 93.7 Å². The Labute approximate surface area is 363 Å². The van der Waals surface area contributed by atoms with E-state index in [0.29, 0.717) is 12.8 Å². The maximum Gasteiger partial charge on any atom is 0.310 e. The minimum Gasteiger partial charge on any atom is -0.462 e. The van der Waals surface area contributed by atoms with Gasteiger partial charge in [0.1, 0.15) is 13.2 Å². The molecule has 0 aromatic carbocycles. The van der Waals surface area contributed by atoms with Gasteiger partial charge in [-0.05, 0) is 77.0 Å². The second-order valence-electron chi connectivity index (χ2n) is 15.7. The van der Waals surface area contributed by atoms with E-state index in [1.807, 2.05) is 6.08 Å². The second kappa shape index (κ2) is 47.3. The molecule has 0 fully saturated rings. The topological polar surface area (TPSA) is 78.9 Å². The Morgan fingerprint density at radius 2 is 0.712 bits per heavy atom. The van der Waals surface area contributed by atoms with E-state index < -0.39 is 12.1 Å². The average molecular weight is 821 g/mol. The third-order valence-corrected chi connectivity index (χ3v) is 9.92. The van der Waals surface area contributed by atoms with Crippen LogP contribution >= 0.6 is 0 Å². The van der Waals surface area contributed by atoms with E-state index in [4.69, 9.17) is 14.2 Å². The molecule has 0 heterocycles. The van der Waals surface area contributed by atoms with Crippen molar-refractivity contribution in [1.82, 2.24) is 0 Å². The summed E-state index contributed by atoms with van der Waals surface area (Å²) >= 11 is 0. The van der Waals surface area contributed by atoms with Gasteiger partial charge in [-0.15, -0.1) is 0 Å². The highest BCUT2D eigenvalue weighted by molar-refractivity contribution is 5.72. The zero-order chi connectivity index (χ0) is 43.0. The van der Waals surface area contributed by atoms with Gasteiger partial charge in [0.15, 0.2) is 6.10 Å². The summed E-state index contributed by atoms with van der Waals surface area (Å²) in [6, 6.07) is 0. The summed E-state index contributed by atoms with van der Waals surface area (Å²) in [5, 5.41) is 0. The molecule has 0 N–H and O–H groups in total. The predicted molar refractivity (Wildman–Crippen MR) is 251 cm³/mol. The highest BCUT2D eigenvalue weighted by Crippen LogP contribution is 2.13. The van der Waals surface area contributed by atoms with Gasteiger partial charge in [-0.25, -0.2) is 0 Å². The van der Waals surface area contributed by atoms with Gasteiger partial charge >= 0.3 is 17.9 Å². The van der Waals surface area contributed by atoms with Crippen LogP contribution in [0.1, 0.15) is 213 Å². The third kappa shape index (κ3) is 45.5. The van der Waals surface area contributed by atoms with Crippen molar-refractivity contribution in [3.05, 3.63) is 85.1 Å². The molecule has 6 heteroatoms. The smallest absolute Gasteiger partial charge is 0.310 e. The van der Waals surface area contributed by atoms with Gasteiger partial charge in [0.2, 0.25) is 0 Å². The second-order valence-corrected chi connectivity index (χ2v) is 15.7. The van der Waals surface area contributed by atoms with Crippen molar-refractivity contribution in [3.63, 3.8) is 0 Å². The lowest BCUT2D eigenvalue weighted by Gasteiger charge is -2.18. The van der Waals surface area contributed by atoms with Gasteiger partial charge in [0.05, 0.1) is 6.42 Å². The molecule has 0 bridgehead atoms. The first-order valence-electron chi connectivity index (χ1n) is 24.1. The van der Waals surface area contributed by atoms with Gasteiger partial charge in [0.25, 0.3) is 0 Å². The van der Waals surface area contributed by atoms with E-state index in [-0.39, 0.29) is 31.6 Å². The number of unbranched alkanes of at least 4 members (excludes halogenated alkanes) is 18. The lowest BCUT2D eigenvalue weighted by Crippen LogP contribution is -2.30. The fraction of sp³-hybridized carbons (Fsp3) is 0.679. The molecule has 0 spiro atoms. The largest absolute Gasteiger partial charge is 0.462 e. The number of hydrogen-bond donors (Lipinski definition) is 0. The fourth-order valence-corrected chi connectivity index (χ4v) is 6.31. The van der Waals surface area contributed by atoms with Crippen LogP contribution < -0.4 is 0 Å². The molecule has 0 amide bonds. The Kier molecular flexibility index (Phi) is 44.5. The number of carbonyl (C=O) groups is 3. The first-order valence-corrected chi connectivity index (χ1v) is 24.1. The molecule has 6 nitrogen and oxygen atoms in total. The van der Waals surface area contributed by atoms with E-state index in [0.717, 1.165) is 83.5 Å². The third-order valence-electron chi connectivity index (χ3n) is 9.92. The van der Waals surface area contributed by atoms with Crippen molar-refractivity contribution in [1.29, 1.82) is 0 Å². The van der Waals surface area contributed by atoms with Crippen LogP contribution in [0.2, 0.25) is 0 Å². The first-order chi connectivity index (χ1) is 29.0. The van der Waals surface area contributed by atoms with Gasteiger partial charge in [-0.2, -0.15) is 0 Å². The number of carbonyl (C=O) groups excluding carboxylic acids is 3. The summed E-state index contributed by atoms with van der Waals surface area (Å²) < 4.78 is 16.6. The van der Waals surface area contributed by atoms with Crippen molar-refractivity contribution >= 4 is 17.9 Å². The summed E-state index contributed by atoms with van der Waals surface area (Å²) in [5.74, 6) is -1.07. The molecular weight excluding hydrogens is 733 g/mol. The van der Waals surface area contributed by atoms with E-state index in [1.165, 1.54) is 89.9 Å². The van der Waals surface area contributed by atoms with Gasteiger partial charge < -0.3 is 14.2 Å². The quantitative estimate of drug-likeness (QED) is 0.0264. The maximum absolute atomic E-state index is 12.7. The van der Waals surface area contributed by atoms with Crippen LogP contribution in [-0.4, -0.2) is 37.2 Å². The highest BCUT2D eigenvalue weighted by atomic mass is 16.6. The molecule has 0 aliphatic carbocycles. The molecule has 336 valence electrons. The van der Waals surface area contributed by atoms with E-state index in [9.17, 15) is 14.4 Å². The Bertz CT molecular complexity index is 1170. The molecule has 0 saturated heterocycles. The molecular formula is C53H88O6. The van der Waals surface area contributed by atoms with Crippen LogP contribution in [0.3, 0.4) is 0 Å². The van der Waals surface area contributed by atoms with E-state index >= 15 is 0 Å². The summed E-state index contributed by atoms with van der Waals surface area (Å²) in [6.07, 6.45) is 60.3. The average Bonchev–Trinajstić information content (AvgIpc) is 3.23. The molecule has 0 aromatic rings. The molecule has 1 atom stereocenters. The molecule has 0 aliphatic rings. The minimum absolute atomic E-state index is 0.0950. The summed E-state index contributed by atoms with van der Waals surface area (Å²) in [6.45, 7) is 6.37. The summed E-state index contributed by atoms with van der Waals surface area (Å²) in [7, 11) is 0. The number of rotatable bonds is 42. The van der Waals surface area contributed by atoms with Crippen molar-refractivity contribution in [2.75, 3.05) is 13.2 Å². The predicted octanol–water partition coefficient (Wildman–Crippen LogP) is 15.6. The molecule has 0 radical (unpaired) electrons. The SMILES string of the molecule is CC/C=C\C/C=C\C/C=C\C/C=C\C/C=C\CC(=O)OC(COC(=O)CCCCCCCCCC)COC(=O)CCCCCCCCC/C=C\C/C=C\CCCCCC. The number of esters is 3. The molecule has 59 heavy (non-hydrogen) atoms. The molecule has 1 unspecified atom stereocenters. The number of allylic oxidation sites excluding steroid dienone is 13. The van der Waals surface area contributed by atoms with Crippen LogP contribution in [0.25, 0.3) is 0 Å². The summed E-state index contributed by atoms with van der Waals surface area (Å²) in [4.78, 5) is 37.7. The number of ether oxygens (including phenoxy) is 3. The molecule has 0 aromatic heterocycles. The van der Waals surface area contributed by atoms with Crippen LogP contribution in [-0.2, 0) is 28.6 Å². The summed E-state index contributed by atoms with van der Waals surface area (Å²) in [5.41, 5.74) is 0. The minimum atomic E-state index is -0.830. The maximum atomic E-state index is 12.7. The van der Waals surface area contributed by atoms with Gasteiger partial charge in [-0.1, -0.05) is 202 Å². The standard InChI is InChI=1S/C53H88O6/c1-4-7-10-13-16-19-21-23-25-26-27-29-30-32-34-37-40-43-46-52(55)58-49-50(48-57-51(54)45-42-39-36-18-15-12-9-6-3)59-53(56)47-44-41-38-35-33-31-28-24-22-20-17-14-11-8-5-2/h8,11,17,19-21,24-26,28,33,35,41,44,50H,4-7,9-10,12-16,18,22-23,27,29-32,34,36-40,42-43,45-49H2,1-3H3/b11-8-,20-17-,21-19-,26-25-,28-24-,35-33-,44-41-. The van der Waals surface area contributed by atoms with Crippen LogP contribution in [0.5, 0.6) is 0 Å². The fourth-order valence-electron chi connectivity index (χ4n) is 6.31. The van der Waals surface area contributed by atoms with Crippen LogP contribution in [0.15, 0.2) is 85.1 Å². The first kappa shape index (κ1) is 55.6. The Balaban J connectivity index is 4.45. The van der Waals surface area contributed by atoms with Gasteiger partial charge in [0, 0.05) is 12.8 Å². The van der Waals surface area contributed by atoms with E-state index in [1.54, 1.807) is 6.08 Å². The lowest BCUT2D eigenvalue weighted by atomic mass is 10.1. The van der Waals surface area contributed by atoms with Crippen molar-refractivity contribution in [2.45, 2.75) is 219 Å². The Hall–Kier alpha value is -3.41. The Morgan fingerprint density at radius 3 is 1.14 bits per heavy atom. The number of hydrogen-bond acceptors (Lipinski definition) is 6. The monoisotopic (exact) mass is 821 g/mol. The van der Waals surface area contributed by atoms with Gasteiger partial charge in [-0.3, -0.25) is 14.4 Å². The van der Waals surface area contributed by atoms with Crippen molar-refractivity contribution < 1.29 is 28.6 Å². The zero-order valence-corrected chi connectivity index (χ0v) is 38.2. The van der Waals surface area contributed by atoms with Crippen molar-refractivity contribution in [2.24, 2.45) is 0 Å². The normalized spacial score (nSPS) is 12.8. The molecule has 0 aliphatic heterocycles. The van der Waals surface area contributed by atoms with Crippen LogP contribution in [0.4, 0.5) is 0 Å². The molecule has 0 rings (SSSR count). The lowest BCUT2D eigenvalue weighted by molar-refractivity contribution is -0.166. The Morgan fingerprint density at radius 1 is 0.373 bits per heavy atom. The highest BCUT2D eigenvalue weighted by Gasteiger charge is 2.19.